The second-order valence-corrected chi connectivity index (χ2v) is 3.95. The number of hydrogen-bond donors (Lipinski definition) is 2. The molecule has 1 aliphatic rings. The third-order valence-electron chi connectivity index (χ3n) is 3.01. The predicted molar refractivity (Wildman–Crippen MR) is 60.7 cm³/mol. The van der Waals surface area contributed by atoms with Crippen molar-refractivity contribution in [1.82, 2.24) is 0 Å². The lowest BCUT2D eigenvalue weighted by atomic mass is 9.90. The summed E-state index contributed by atoms with van der Waals surface area (Å²) in [6.07, 6.45) is 0.604. The van der Waals surface area contributed by atoms with Gasteiger partial charge < -0.3 is 15.1 Å². The van der Waals surface area contributed by atoms with Gasteiger partial charge in [-0.05, 0) is 18.1 Å². The predicted octanol–water partition coefficient (Wildman–Crippen LogP) is 1.06. The van der Waals surface area contributed by atoms with E-state index >= 15 is 0 Å². The van der Waals surface area contributed by atoms with Crippen LogP contribution in [0, 0.1) is 0 Å². The Balaban J connectivity index is 2.36. The lowest BCUT2D eigenvalue weighted by Crippen LogP contribution is -2.35. The minimum atomic E-state index is -0.768. The molecule has 0 aromatic heterocycles. The number of carboxylic acid groups (broad SMARTS) is 1. The van der Waals surface area contributed by atoms with Gasteiger partial charge >= 0.3 is 5.97 Å². The second-order valence-electron chi connectivity index (χ2n) is 3.95. The average Bonchev–Trinajstić information content (AvgIpc) is 2.29. The summed E-state index contributed by atoms with van der Waals surface area (Å²) in [4.78, 5) is 13.2. The molecule has 16 heavy (non-hydrogen) atoms. The standard InChI is InChI=1S/C12H15NO3/c14-8-7-13-6-5-10(12(15)16)9-3-1-2-4-11(9)13/h1-4,10,14H,5-8H2,(H,15,16). The number of rotatable bonds is 3. The fourth-order valence-corrected chi connectivity index (χ4v) is 2.24. The third kappa shape index (κ3) is 1.88. The first kappa shape index (κ1) is 11.0. The molecule has 1 aromatic rings. The van der Waals surface area contributed by atoms with E-state index in [1.807, 2.05) is 29.2 Å². The van der Waals surface area contributed by atoms with Crippen molar-refractivity contribution >= 4 is 11.7 Å². The molecule has 1 atom stereocenters. The molecule has 0 radical (unpaired) electrons. The van der Waals surface area contributed by atoms with E-state index in [1.165, 1.54) is 0 Å². The van der Waals surface area contributed by atoms with Crippen LogP contribution in [0.2, 0.25) is 0 Å². The molecule has 0 fully saturated rings. The van der Waals surface area contributed by atoms with E-state index in [-0.39, 0.29) is 6.61 Å². The normalized spacial score (nSPS) is 19.3. The number of benzene rings is 1. The minimum Gasteiger partial charge on any atom is -0.481 e. The van der Waals surface area contributed by atoms with Crippen molar-refractivity contribution < 1.29 is 15.0 Å². The van der Waals surface area contributed by atoms with Crippen LogP contribution in [0.4, 0.5) is 5.69 Å². The van der Waals surface area contributed by atoms with Crippen LogP contribution in [-0.4, -0.2) is 35.9 Å². The Morgan fingerprint density at radius 3 is 2.88 bits per heavy atom. The smallest absolute Gasteiger partial charge is 0.311 e. The molecule has 86 valence electrons. The molecule has 0 saturated carbocycles. The molecule has 1 heterocycles. The number of fused-ring (bicyclic) bond motifs is 1. The summed E-state index contributed by atoms with van der Waals surface area (Å²) in [5, 5.41) is 18.1. The van der Waals surface area contributed by atoms with Crippen molar-refractivity contribution in [1.29, 1.82) is 0 Å². The highest BCUT2D eigenvalue weighted by Crippen LogP contribution is 2.34. The maximum absolute atomic E-state index is 11.1. The fourth-order valence-electron chi connectivity index (χ4n) is 2.24. The number of aliphatic hydroxyl groups is 1. The molecule has 4 nitrogen and oxygen atoms in total. The Bertz CT molecular complexity index is 392. The molecule has 0 spiro atoms. The molecular formula is C12H15NO3. The van der Waals surface area contributed by atoms with Gasteiger partial charge in [0.2, 0.25) is 0 Å². The number of hydrogen-bond acceptors (Lipinski definition) is 3. The fraction of sp³-hybridized carbons (Fsp3) is 0.417. The molecule has 0 aliphatic carbocycles. The minimum absolute atomic E-state index is 0.0894. The summed E-state index contributed by atoms with van der Waals surface area (Å²) in [6.45, 7) is 1.34. The van der Waals surface area contributed by atoms with Gasteiger partial charge in [-0.1, -0.05) is 18.2 Å². The van der Waals surface area contributed by atoms with Gasteiger partial charge in [0.15, 0.2) is 0 Å². The van der Waals surface area contributed by atoms with Gasteiger partial charge in [-0.2, -0.15) is 0 Å². The van der Waals surface area contributed by atoms with E-state index in [0.717, 1.165) is 11.3 Å². The summed E-state index contributed by atoms with van der Waals surface area (Å²) in [7, 11) is 0. The van der Waals surface area contributed by atoms with Gasteiger partial charge in [0.05, 0.1) is 12.5 Å². The molecule has 2 rings (SSSR count). The zero-order chi connectivity index (χ0) is 11.5. The number of para-hydroxylation sites is 1. The van der Waals surface area contributed by atoms with Gasteiger partial charge in [0.1, 0.15) is 0 Å². The van der Waals surface area contributed by atoms with Crippen molar-refractivity contribution in [2.24, 2.45) is 0 Å². The van der Waals surface area contributed by atoms with E-state index < -0.39 is 11.9 Å². The van der Waals surface area contributed by atoms with Gasteiger partial charge in [0, 0.05) is 18.8 Å². The summed E-state index contributed by atoms with van der Waals surface area (Å²) < 4.78 is 0. The molecule has 1 aromatic carbocycles. The van der Waals surface area contributed by atoms with Crippen molar-refractivity contribution in [3.05, 3.63) is 29.8 Å². The van der Waals surface area contributed by atoms with Crippen LogP contribution >= 0.6 is 0 Å². The van der Waals surface area contributed by atoms with E-state index in [0.29, 0.717) is 19.5 Å². The quantitative estimate of drug-likeness (QED) is 0.801. The summed E-state index contributed by atoms with van der Waals surface area (Å²) in [6, 6.07) is 7.53. The largest absolute Gasteiger partial charge is 0.481 e. The first-order chi connectivity index (χ1) is 7.74. The zero-order valence-corrected chi connectivity index (χ0v) is 8.97. The van der Waals surface area contributed by atoms with Crippen molar-refractivity contribution in [2.45, 2.75) is 12.3 Å². The topological polar surface area (TPSA) is 60.8 Å². The summed E-state index contributed by atoms with van der Waals surface area (Å²) in [5.41, 5.74) is 1.80. The molecule has 0 saturated heterocycles. The van der Waals surface area contributed by atoms with Crippen LogP contribution in [-0.2, 0) is 4.79 Å². The highest BCUT2D eigenvalue weighted by Gasteiger charge is 2.29. The van der Waals surface area contributed by atoms with Crippen LogP contribution in [0.15, 0.2) is 24.3 Å². The Kier molecular flexibility index (Phi) is 3.10. The Morgan fingerprint density at radius 2 is 2.19 bits per heavy atom. The van der Waals surface area contributed by atoms with Gasteiger partial charge in [-0.25, -0.2) is 0 Å². The van der Waals surface area contributed by atoms with E-state index in [9.17, 15) is 4.79 Å². The summed E-state index contributed by atoms with van der Waals surface area (Å²) >= 11 is 0. The van der Waals surface area contributed by atoms with Crippen LogP contribution < -0.4 is 4.90 Å². The molecule has 0 amide bonds. The number of carbonyl (C=O) groups is 1. The van der Waals surface area contributed by atoms with Crippen molar-refractivity contribution in [2.75, 3.05) is 24.6 Å². The third-order valence-corrected chi connectivity index (χ3v) is 3.01. The van der Waals surface area contributed by atoms with E-state index in [2.05, 4.69) is 0 Å². The molecule has 2 N–H and O–H groups in total. The zero-order valence-electron chi connectivity index (χ0n) is 8.97. The molecule has 0 bridgehead atoms. The van der Waals surface area contributed by atoms with Crippen LogP contribution in [0.3, 0.4) is 0 Å². The number of β-amino-alcohol motifs (C(OH)–C–C–N with tert-alkyl or cyclic N) is 1. The van der Waals surface area contributed by atoms with Crippen molar-refractivity contribution in [3.8, 4) is 0 Å². The van der Waals surface area contributed by atoms with Crippen LogP contribution in [0.5, 0.6) is 0 Å². The highest BCUT2D eigenvalue weighted by atomic mass is 16.4. The van der Waals surface area contributed by atoms with Gasteiger partial charge in [-0.3, -0.25) is 4.79 Å². The number of nitrogens with zero attached hydrogens (tertiary/aromatic N) is 1. The summed E-state index contributed by atoms with van der Waals surface area (Å²) in [5.74, 6) is -1.18. The average molecular weight is 221 g/mol. The lowest BCUT2D eigenvalue weighted by Gasteiger charge is -2.33. The van der Waals surface area contributed by atoms with Crippen molar-refractivity contribution in [3.63, 3.8) is 0 Å². The maximum atomic E-state index is 11.1. The molecule has 1 unspecified atom stereocenters. The van der Waals surface area contributed by atoms with E-state index in [4.69, 9.17) is 10.2 Å². The van der Waals surface area contributed by atoms with Crippen LogP contribution in [0.25, 0.3) is 0 Å². The molecule has 1 aliphatic heterocycles. The second kappa shape index (κ2) is 4.53. The van der Waals surface area contributed by atoms with E-state index in [1.54, 1.807) is 0 Å². The molecule has 4 heteroatoms. The number of aliphatic carboxylic acids is 1. The van der Waals surface area contributed by atoms with Crippen LogP contribution in [0.1, 0.15) is 17.9 Å². The number of carboxylic acids is 1. The van der Waals surface area contributed by atoms with Gasteiger partial charge in [-0.15, -0.1) is 0 Å². The Morgan fingerprint density at radius 1 is 1.44 bits per heavy atom. The van der Waals surface area contributed by atoms with Gasteiger partial charge in [0.25, 0.3) is 0 Å². The maximum Gasteiger partial charge on any atom is 0.311 e. The molecular weight excluding hydrogens is 206 g/mol. The number of anilines is 1. The number of aliphatic hydroxyl groups excluding tert-OH is 1. The Hall–Kier alpha value is -1.55. The Labute approximate surface area is 94.1 Å². The first-order valence-corrected chi connectivity index (χ1v) is 5.41. The highest BCUT2D eigenvalue weighted by molar-refractivity contribution is 5.80. The lowest BCUT2D eigenvalue weighted by molar-refractivity contribution is -0.139. The first-order valence-electron chi connectivity index (χ1n) is 5.41. The SMILES string of the molecule is O=C(O)C1CCN(CCO)c2ccccc21. The monoisotopic (exact) mass is 221 g/mol.